The van der Waals surface area contributed by atoms with Gasteiger partial charge in [-0.1, -0.05) is 0 Å². The van der Waals surface area contributed by atoms with Crippen LogP contribution in [0, 0.1) is 13.8 Å². The molecule has 1 aromatic heterocycles. The molecule has 2 rings (SSSR count). The summed E-state index contributed by atoms with van der Waals surface area (Å²) >= 11 is 0. The highest BCUT2D eigenvalue weighted by atomic mass is 127. The Morgan fingerprint density at radius 3 is 2.20 bits per heavy atom. The molecule has 0 saturated carbocycles. The van der Waals surface area contributed by atoms with Gasteiger partial charge in [-0.05, 0) is 52.7 Å². The summed E-state index contributed by atoms with van der Waals surface area (Å²) in [6, 6.07) is 5.28. The minimum Gasteiger partial charge on any atom is -0.496 e. The van der Waals surface area contributed by atoms with Crippen LogP contribution in [0.1, 0.15) is 11.1 Å². The van der Waals surface area contributed by atoms with Gasteiger partial charge < -0.3 is 14.1 Å². The Morgan fingerprint density at radius 1 is 1.15 bits per heavy atom. The predicted molar refractivity (Wildman–Crippen MR) is 93.5 cm³/mol. The van der Waals surface area contributed by atoms with Crippen LogP contribution in [-0.2, 0) is 0 Å². The summed E-state index contributed by atoms with van der Waals surface area (Å²) < 4.78 is 10.4. The highest BCUT2D eigenvalue weighted by Gasteiger charge is 2.08. The van der Waals surface area contributed by atoms with Gasteiger partial charge in [0, 0.05) is 17.0 Å². The number of hydrogen-bond acceptors (Lipinski definition) is 4. The van der Waals surface area contributed by atoms with Crippen LogP contribution < -0.4 is 10.4 Å². The van der Waals surface area contributed by atoms with Gasteiger partial charge in [-0.15, -0.1) is 24.0 Å². The van der Waals surface area contributed by atoms with Crippen LogP contribution in [0.25, 0.3) is 11.0 Å². The number of methoxy groups -OCH3 is 1. The smallest absolute Gasteiger partial charge is 0.336 e. The number of halogens is 1. The second kappa shape index (κ2) is 8.26. The molecule has 0 aliphatic heterocycles. The Kier molecular flexibility index (Phi) is 7.82. The Morgan fingerprint density at radius 2 is 1.70 bits per heavy atom. The van der Waals surface area contributed by atoms with Gasteiger partial charge in [0.15, 0.2) is 0 Å². The summed E-state index contributed by atoms with van der Waals surface area (Å²) in [7, 11) is 7.60. The fourth-order valence-electron chi connectivity index (χ4n) is 1.72. The standard InChI is InChI=1S/C12H12O3.C3H9N.HI/c1-7-6-11(13)15-12-8(2)10(14-3)5-4-9(7)12;1-4(2)3;/h4-6H,1-3H3;1-3H3;1H. The lowest BCUT2D eigenvalue weighted by atomic mass is 10.1. The average Bonchev–Trinajstić information content (AvgIpc) is 2.30. The summed E-state index contributed by atoms with van der Waals surface area (Å²) in [5, 5.41) is 0.952. The van der Waals surface area contributed by atoms with Gasteiger partial charge in [0.05, 0.1) is 7.11 Å². The first-order valence-corrected chi connectivity index (χ1v) is 6.05. The lowest BCUT2D eigenvalue weighted by Crippen LogP contribution is -1.99. The van der Waals surface area contributed by atoms with Crippen molar-refractivity contribution in [2.24, 2.45) is 0 Å². The highest BCUT2D eigenvalue weighted by Crippen LogP contribution is 2.27. The maximum absolute atomic E-state index is 11.2. The molecule has 0 aliphatic rings. The van der Waals surface area contributed by atoms with Crippen molar-refractivity contribution in [2.45, 2.75) is 13.8 Å². The van der Waals surface area contributed by atoms with Gasteiger partial charge >= 0.3 is 5.63 Å². The van der Waals surface area contributed by atoms with E-state index in [1.807, 2.05) is 52.0 Å². The van der Waals surface area contributed by atoms with Crippen LogP contribution in [0.3, 0.4) is 0 Å². The Bertz CT molecular complexity index is 618. The van der Waals surface area contributed by atoms with E-state index in [1.165, 1.54) is 6.07 Å². The monoisotopic (exact) mass is 391 g/mol. The maximum atomic E-state index is 11.2. The first-order valence-electron chi connectivity index (χ1n) is 6.05. The minimum atomic E-state index is -0.323. The van der Waals surface area contributed by atoms with E-state index in [0.717, 1.165) is 22.3 Å². The van der Waals surface area contributed by atoms with E-state index in [-0.39, 0.29) is 29.6 Å². The normalized spacial score (nSPS) is 9.75. The van der Waals surface area contributed by atoms with Crippen LogP contribution in [0.4, 0.5) is 0 Å². The molecule has 5 heteroatoms. The molecule has 0 N–H and O–H groups in total. The number of nitrogens with zero attached hydrogens (tertiary/aromatic N) is 1. The SMILES string of the molecule is CN(C)C.COc1ccc2c(C)cc(=O)oc2c1C.I. The number of hydrogen-bond donors (Lipinski definition) is 0. The highest BCUT2D eigenvalue weighted by molar-refractivity contribution is 14.0. The van der Waals surface area contributed by atoms with Crippen molar-refractivity contribution in [3.63, 3.8) is 0 Å². The second-order valence-corrected chi connectivity index (χ2v) is 4.86. The molecule has 112 valence electrons. The largest absolute Gasteiger partial charge is 0.496 e. The molecular weight excluding hydrogens is 369 g/mol. The van der Waals surface area contributed by atoms with E-state index < -0.39 is 0 Å². The summed E-state index contributed by atoms with van der Waals surface area (Å²) in [5.74, 6) is 0.733. The predicted octanol–water partition coefficient (Wildman–Crippen LogP) is 3.21. The molecule has 1 heterocycles. The third kappa shape index (κ3) is 4.79. The van der Waals surface area contributed by atoms with Crippen LogP contribution in [0.5, 0.6) is 5.75 Å². The molecule has 2 aromatic rings. The molecule has 0 atom stereocenters. The fourth-order valence-corrected chi connectivity index (χ4v) is 1.72. The molecule has 0 radical (unpaired) electrons. The Labute approximate surface area is 136 Å². The third-order valence-corrected chi connectivity index (χ3v) is 2.54. The number of rotatable bonds is 1. The van der Waals surface area contributed by atoms with Gasteiger partial charge in [-0.2, -0.15) is 0 Å². The lowest BCUT2D eigenvalue weighted by Gasteiger charge is -2.07. The molecule has 0 aliphatic carbocycles. The van der Waals surface area contributed by atoms with E-state index in [1.54, 1.807) is 7.11 Å². The molecule has 0 spiro atoms. The average molecular weight is 391 g/mol. The topological polar surface area (TPSA) is 42.7 Å². The lowest BCUT2D eigenvalue weighted by molar-refractivity contribution is 0.410. The number of fused-ring (bicyclic) bond motifs is 1. The van der Waals surface area contributed by atoms with Crippen molar-refractivity contribution >= 4 is 34.9 Å². The first kappa shape index (κ1) is 18.9. The zero-order valence-corrected chi connectivity index (χ0v) is 15.1. The second-order valence-electron chi connectivity index (χ2n) is 4.86. The summed E-state index contributed by atoms with van der Waals surface area (Å²) in [6.07, 6.45) is 0. The first-order chi connectivity index (χ1) is 8.86. The Hall–Kier alpha value is -1.08. The molecule has 4 nitrogen and oxygen atoms in total. The van der Waals surface area contributed by atoms with Gasteiger partial charge in [-0.25, -0.2) is 4.79 Å². The summed E-state index contributed by atoms with van der Waals surface area (Å²) in [6.45, 7) is 3.77. The number of aryl methyl sites for hydroxylation is 2. The molecule has 0 bridgehead atoms. The van der Waals surface area contributed by atoms with Crippen molar-refractivity contribution in [1.82, 2.24) is 4.90 Å². The zero-order valence-electron chi connectivity index (χ0n) is 12.8. The number of benzene rings is 1. The van der Waals surface area contributed by atoms with E-state index in [9.17, 15) is 4.79 Å². The van der Waals surface area contributed by atoms with Crippen molar-refractivity contribution in [1.29, 1.82) is 0 Å². The molecule has 1 aromatic carbocycles. The van der Waals surface area contributed by atoms with Crippen LogP contribution in [-0.4, -0.2) is 33.2 Å². The van der Waals surface area contributed by atoms with Gasteiger partial charge in [0.2, 0.25) is 0 Å². The van der Waals surface area contributed by atoms with Crippen LogP contribution in [0.15, 0.2) is 27.4 Å². The summed E-state index contributed by atoms with van der Waals surface area (Å²) in [5.41, 5.74) is 2.07. The molecule has 20 heavy (non-hydrogen) atoms. The molecular formula is C15H22INO3. The van der Waals surface area contributed by atoms with E-state index >= 15 is 0 Å². The van der Waals surface area contributed by atoms with Gasteiger partial charge in [-0.3, -0.25) is 0 Å². The van der Waals surface area contributed by atoms with Gasteiger partial charge in [0.1, 0.15) is 11.3 Å². The third-order valence-electron chi connectivity index (χ3n) is 2.54. The van der Waals surface area contributed by atoms with Crippen molar-refractivity contribution in [3.8, 4) is 5.75 Å². The molecule has 0 amide bonds. The quantitative estimate of drug-likeness (QED) is 0.553. The van der Waals surface area contributed by atoms with Crippen molar-refractivity contribution in [2.75, 3.05) is 28.3 Å². The zero-order chi connectivity index (χ0) is 14.6. The van der Waals surface area contributed by atoms with E-state index in [0.29, 0.717) is 5.58 Å². The molecule has 0 fully saturated rings. The van der Waals surface area contributed by atoms with Crippen molar-refractivity contribution in [3.05, 3.63) is 39.7 Å². The van der Waals surface area contributed by atoms with E-state index in [4.69, 9.17) is 9.15 Å². The van der Waals surface area contributed by atoms with Crippen LogP contribution >= 0.6 is 24.0 Å². The maximum Gasteiger partial charge on any atom is 0.336 e. The summed E-state index contributed by atoms with van der Waals surface area (Å²) in [4.78, 5) is 13.2. The number of ether oxygens (including phenoxy) is 1. The minimum absolute atomic E-state index is 0. The molecule has 0 unspecified atom stereocenters. The van der Waals surface area contributed by atoms with Crippen molar-refractivity contribution < 1.29 is 9.15 Å². The Balaban J connectivity index is 0.000000644. The molecule has 0 saturated heterocycles. The fraction of sp³-hybridized carbons (Fsp3) is 0.400. The van der Waals surface area contributed by atoms with E-state index in [2.05, 4.69) is 0 Å². The van der Waals surface area contributed by atoms with Gasteiger partial charge in [0.25, 0.3) is 0 Å². The van der Waals surface area contributed by atoms with Crippen LogP contribution in [0.2, 0.25) is 0 Å².